The average Bonchev–Trinajstić information content (AvgIpc) is 2.62. The van der Waals surface area contributed by atoms with E-state index >= 15 is 0 Å². The maximum atomic E-state index is 4.57. The van der Waals surface area contributed by atoms with Crippen LogP contribution in [0.4, 0.5) is 28.8 Å². The Bertz CT molecular complexity index is 756. The molecule has 2 aromatic carbocycles. The lowest BCUT2D eigenvalue weighted by Gasteiger charge is -2.19. The minimum absolute atomic E-state index is 0.576. The molecule has 0 aliphatic carbocycles. The van der Waals surface area contributed by atoms with Crippen molar-refractivity contribution in [3.8, 4) is 0 Å². The molecule has 0 radical (unpaired) electrons. The van der Waals surface area contributed by atoms with E-state index < -0.39 is 0 Å². The molecule has 1 aromatic heterocycles. The van der Waals surface area contributed by atoms with Gasteiger partial charge in [-0.3, -0.25) is 0 Å². The third kappa shape index (κ3) is 3.58. The molecule has 0 spiro atoms. The molecular formula is C18H19N5. The van der Waals surface area contributed by atoms with Gasteiger partial charge in [0.15, 0.2) is 0 Å². The molecule has 116 valence electrons. The van der Waals surface area contributed by atoms with Crippen LogP contribution in [-0.4, -0.2) is 24.1 Å². The average molecular weight is 305 g/mol. The number of nitrogens with zero attached hydrogens (tertiary/aromatic N) is 3. The van der Waals surface area contributed by atoms with Crippen molar-refractivity contribution in [3.63, 3.8) is 0 Å². The van der Waals surface area contributed by atoms with Crippen LogP contribution in [0.25, 0.3) is 0 Å². The van der Waals surface area contributed by atoms with Crippen molar-refractivity contribution in [2.75, 3.05) is 29.6 Å². The second-order valence-corrected chi connectivity index (χ2v) is 5.09. The Morgan fingerprint density at radius 3 is 2.30 bits per heavy atom. The number of hydrogen-bond donors (Lipinski definition) is 2. The van der Waals surface area contributed by atoms with Crippen LogP contribution >= 0.6 is 0 Å². The van der Waals surface area contributed by atoms with Crippen molar-refractivity contribution in [3.05, 3.63) is 66.9 Å². The van der Waals surface area contributed by atoms with Crippen LogP contribution in [0.5, 0.6) is 0 Å². The van der Waals surface area contributed by atoms with E-state index in [1.807, 2.05) is 67.5 Å². The Morgan fingerprint density at radius 2 is 1.61 bits per heavy atom. The molecule has 5 heteroatoms. The largest absolute Gasteiger partial charge is 0.388 e. The lowest BCUT2D eigenvalue weighted by Crippen LogP contribution is -2.12. The molecule has 0 atom stereocenters. The fraction of sp³-hybridized carbons (Fsp3) is 0.111. The third-order valence-corrected chi connectivity index (χ3v) is 3.56. The highest BCUT2D eigenvalue weighted by Crippen LogP contribution is 2.24. The van der Waals surface area contributed by atoms with Crippen molar-refractivity contribution in [1.29, 1.82) is 0 Å². The molecule has 0 aliphatic heterocycles. The van der Waals surface area contributed by atoms with Gasteiger partial charge < -0.3 is 15.5 Å². The van der Waals surface area contributed by atoms with E-state index in [0.29, 0.717) is 5.95 Å². The highest BCUT2D eigenvalue weighted by Gasteiger charge is 2.07. The van der Waals surface area contributed by atoms with Crippen molar-refractivity contribution in [1.82, 2.24) is 9.97 Å². The Morgan fingerprint density at radius 1 is 0.870 bits per heavy atom. The maximum absolute atomic E-state index is 4.57. The topological polar surface area (TPSA) is 53.1 Å². The number of anilines is 5. The monoisotopic (exact) mass is 305 g/mol. The lowest BCUT2D eigenvalue weighted by atomic mass is 10.2. The van der Waals surface area contributed by atoms with E-state index in [1.165, 1.54) is 0 Å². The van der Waals surface area contributed by atoms with Crippen LogP contribution in [0.1, 0.15) is 0 Å². The summed E-state index contributed by atoms with van der Waals surface area (Å²) in [6.45, 7) is 0. The van der Waals surface area contributed by atoms with Gasteiger partial charge in [-0.05, 0) is 42.5 Å². The van der Waals surface area contributed by atoms with Gasteiger partial charge in [-0.15, -0.1) is 0 Å². The Hall–Kier alpha value is -3.08. The second-order valence-electron chi connectivity index (χ2n) is 5.09. The maximum Gasteiger partial charge on any atom is 0.229 e. The first kappa shape index (κ1) is 14.8. The van der Waals surface area contributed by atoms with E-state index in [1.54, 1.807) is 6.20 Å². The van der Waals surface area contributed by atoms with Crippen LogP contribution < -0.4 is 15.5 Å². The zero-order chi connectivity index (χ0) is 16.1. The minimum atomic E-state index is 0.576. The molecule has 3 aromatic rings. The normalized spacial score (nSPS) is 10.2. The van der Waals surface area contributed by atoms with Gasteiger partial charge >= 0.3 is 0 Å². The van der Waals surface area contributed by atoms with Crippen molar-refractivity contribution in [2.45, 2.75) is 0 Å². The van der Waals surface area contributed by atoms with E-state index in [9.17, 15) is 0 Å². The summed E-state index contributed by atoms with van der Waals surface area (Å²) in [6, 6.07) is 20.0. The van der Waals surface area contributed by atoms with Crippen LogP contribution in [0.3, 0.4) is 0 Å². The number of hydrogen-bond acceptors (Lipinski definition) is 5. The number of para-hydroxylation sites is 1. The summed E-state index contributed by atoms with van der Waals surface area (Å²) in [5, 5.41) is 6.33. The summed E-state index contributed by atoms with van der Waals surface area (Å²) in [5.74, 6) is 1.41. The molecule has 0 bridgehead atoms. The van der Waals surface area contributed by atoms with E-state index in [2.05, 4.69) is 32.7 Å². The summed E-state index contributed by atoms with van der Waals surface area (Å²) in [6.07, 6.45) is 1.76. The van der Waals surface area contributed by atoms with Crippen LogP contribution in [0.2, 0.25) is 0 Å². The predicted octanol–water partition coefficient (Wildman–Crippen LogP) is 4.03. The highest BCUT2D eigenvalue weighted by molar-refractivity contribution is 5.63. The predicted molar refractivity (Wildman–Crippen MR) is 95.8 cm³/mol. The molecule has 0 unspecified atom stereocenters. The fourth-order valence-electron chi connectivity index (χ4n) is 2.23. The standard InChI is InChI=1S/C18H19N5/c1-19-14-8-10-16(11-9-14)23(2)17-12-13-20-18(22-17)21-15-6-4-3-5-7-15/h3-13,19H,1-2H3,(H,20,21,22). The molecule has 1 heterocycles. The van der Waals surface area contributed by atoms with E-state index in [0.717, 1.165) is 22.9 Å². The van der Waals surface area contributed by atoms with Gasteiger partial charge in [0.05, 0.1) is 0 Å². The number of nitrogens with one attached hydrogen (secondary N) is 2. The quantitative estimate of drug-likeness (QED) is 0.745. The van der Waals surface area contributed by atoms with Gasteiger partial charge in [0.1, 0.15) is 5.82 Å². The second kappa shape index (κ2) is 6.79. The Labute approximate surface area is 136 Å². The van der Waals surface area contributed by atoms with Gasteiger partial charge in [0.25, 0.3) is 0 Å². The SMILES string of the molecule is CNc1ccc(N(C)c2ccnc(Nc3ccccc3)n2)cc1. The molecule has 23 heavy (non-hydrogen) atoms. The summed E-state index contributed by atoms with van der Waals surface area (Å²) < 4.78 is 0. The van der Waals surface area contributed by atoms with Crippen LogP contribution in [-0.2, 0) is 0 Å². The Kier molecular flexibility index (Phi) is 4.38. The summed E-state index contributed by atoms with van der Waals surface area (Å²) in [4.78, 5) is 10.9. The van der Waals surface area contributed by atoms with Crippen LogP contribution in [0.15, 0.2) is 66.9 Å². The smallest absolute Gasteiger partial charge is 0.229 e. The summed E-state index contributed by atoms with van der Waals surface area (Å²) in [5.41, 5.74) is 3.11. The van der Waals surface area contributed by atoms with Gasteiger partial charge in [-0.1, -0.05) is 18.2 Å². The van der Waals surface area contributed by atoms with Crippen molar-refractivity contribution >= 4 is 28.8 Å². The first-order chi connectivity index (χ1) is 11.3. The van der Waals surface area contributed by atoms with Crippen LogP contribution in [0, 0.1) is 0 Å². The molecule has 5 nitrogen and oxygen atoms in total. The molecule has 0 saturated carbocycles. The summed E-state index contributed by atoms with van der Waals surface area (Å²) in [7, 11) is 3.90. The minimum Gasteiger partial charge on any atom is -0.388 e. The number of rotatable bonds is 5. The van der Waals surface area contributed by atoms with Gasteiger partial charge in [0, 0.05) is 37.4 Å². The molecular weight excluding hydrogens is 286 g/mol. The molecule has 0 saturated heterocycles. The third-order valence-electron chi connectivity index (χ3n) is 3.56. The Balaban J connectivity index is 1.80. The number of aromatic nitrogens is 2. The summed E-state index contributed by atoms with van der Waals surface area (Å²) >= 11 is 0. The van der Waals surface area contributed by atoms with Crippen molar-refractivity contribution in [2.24, 2.45) is 0 Å². The molecule has 0 amide bonds. The van der Waals surface area contributed by atoms with Gasteiger partial charge in [-0.25, -0.2) is 4.98 Å². The van der Waals surface area contributed by atoms with Gasteiger partial charge in [0.2, 0.25) is 5.95 Å². The zero-order valence-electron chi connectivity index (χ0n) is 13.2. The first-order valence-corrected chi connectivity index (χ1v) is 7.43. The van der Waals surface area contributed by atoms with E-state index in [4.69, 9.17) is 0 Å². The van der Waals surface area contributed by atoms with Gasteiger partial charge in [-0.2, -0.15) is 4.98 Å². The molecule has 2 N–H and O–H groups in total. The zero-order valence-corrected chi connectivity index (χ0v) is 13.2. The van der Waals surface area contributed by atoms with E-state index in [-0.39, 0.29) is 0 Å². The molecule has 0 fully saturated rings. The highest BCUT2D eigenvalue weighted by atomic mass is 15.2. The lowest BCUT2D eigenvalue weighted by molar-refractivity contribution is 1.08. The van der Waals surface area contributed by atoms with Crippen molar-refractivity contribution < 1.29 is 0 Å². The molecule has 3 rings (SSSR count). The molecule has 0 aliphatic rings. The number of benzene rings is 2. The fourth-order valence-corrected chi connectivity index (χ4v) is 2.23. The first-order valence-electron chi connectivity index (χ1n) is 7.43.